The van der Waals surface area contributed by atoms with Crippen LogP contribution in [0.15, 0.2) is 102 Å². The van der Waals surface area contributed by atoms with Crippen molar-refractivity contribution in [2.75, 3.05) is 4.90 Å². The van der Waals surface area contributed by atoms with Gasteiger partial charge in [-0.1, -0.05) is 102 Å². The summed E-state index contributed by atoms with van der Waals surface area (Å²) in [6.07, 6.45) is 1.82. The molecular formula is C44H44N4O2. The maximum absolute atomic E-state index is 12.0. The highest BCUT2D eigenvalue weighted by Crippen LogP contribution is 2.46. The summed E-state index contributed by atoms with van der Waals surface area (Å²) in [5, 5.41) is 13.7. The molecule has 0 aliphatic heterocycles. The van der Waals surface area contributed by atoms with Crippen LogP contribution < -0.4 is 4.90 Å². The Labute approximate surface area is 294 Å². The molecule has 0 unspecified atom stereocenters. The molecule has 0 saturated heterocycles. The molecule has 3 heterocycles. The molecule has 7 rings (SSSR count). The summed E-state index contributed by atoms with van der Waals surface area (Å²) in [7, 11) is 0. The highest BCUT2D eigenvalue weighted by molar-refractivity contribution is 6.11. The van der Waals surface area contributed by atoms with Gasteiger partial charge in [-0.05, 0) is 84.7 Å². The van der Waals surface area contributed by atoms with Crippen LogP contribution in [0.2, 0.25) is 0 Å². The standard InChI is InChI=1S/C44H44N4O2/c1-26-21-27(2)39(28(3)22-26)48(36-19-12-13-20-45-36)31-16-14-15-29(23-31)41-46-38(37-32-17-10-11-18-35(32)50-42(37)47-41)33-24-30(43(4,5)6)25-34(40(33)49)44(7,8)9/h10-25,49H,1-9H3. The van der Waals surface area contributed by atoms with Gasteiger partial charge in [0, 0.05) is 34.0 Å². The lowest BCUT2D eigenvalue weighted by Gasteiger charge is -2.28. The van der Waals surface area contributed by atoms with Crippen molar-refractivity contribution < 1.29 is 9.52 Å². The summed E-state index contributed by atoms with van der Waals surface area (Å²) in [6.45, 7) is 19.4. The number of aromatic hydroxyl groups is 1. The van der Waals surface area contributed by atoms with Gasteiger partial charge in [0.05, 0.1) is 16.8 Å². The lowest BCUT2D eigenvalue weighted by molar-refractivity contribution is 0.446. The second-order valence-electron chi connectivity index (χ2n) is 15.4. The molecule has 1 N–H and O–H groups in total. The van der Waals surface area contributed by atoms with E-state index in [1.54, 1.807) is 0 Å². The van der Waals surface area contributed by atoms with E-state index in [4.69, 9.17) is 19.4 Å². The van der Waals surface area contributed by atoms with Gasteiger partial charge in [0.15, 0.2) is 5.82 Å². The van der Waals surface area contributed by atoms with E-state index in [2.05, 4.69) is 104 Å². The highest BCUT2D eigenvalue weighted by Gasteiger charge is 2.28. The molecule has 252 valence electrons. The van der Waals surface area contributed by atoms with Gasteiger partial charge in [0.25, 0.3) is 0 Å². The molecule has 3 aromatic heterocycles. The first-order valence-corrected chi connectivity index (χ1v) is 17.2. The number of pyridine rings is 1. The minimum atomic E-state index is -0.303. The van der Waals surface area contributed by atoms with Crippen molar-refractivity contribution in [2.24, 2.45) is 0 Å². The molecule has 4 aromatic carbocycles. The van der Waals surface area contributed by atoms with Crippen LogP contribution in [0.5, 0.6) is 5.75 Å². The summed E-state index contributed by atoms with van der Waals surface area (Å²) in [4.78, 5) is 17.3. The predicted octanol–water partition coefficient (Wildman–Crippen LogP) is 11.8. The summed E-state index contributed by atoms with van der Waals surface area (Å²) in [6, 6.07) is 30.8. The van der Waals surface area contributed by atoms with Crippen LogP contribution in [0.25, 0.3) is 44.7 Å². The van der Waals surface area contributed by atoms with Crippen LogP contribution >= 0.6 is 0 Å². The Morgan fingerprint density at radius 3 is 2.12 bits per heavy atom. The van der Waals surface area contributed by atoms with Crippen molar-refractivity contribution in [1.82, 2.24) is 15.0 Å². The number of aromatic nitrogens is 3. The summed E-state index contributed by atoms with van der Waals surface area (Å²) in [5.74, 6) is 1.54. The number of benzene rings is 4. The van der Waals surface area contributed by atoms with Gasteiger partial charge in [-0.15, -0.1) is 0 Å². The molecule has 0 atom stereocenters. The smallest absolute Gasteiger partial charge is 0.231 e. The quantitative estimate of drug-likeness (QED) is 0.198. The Morgan fingerprint density at radius 1 is 0.720 bits per heavy atom. The monoisotopic (exact) mass is 660 g/mol. The van der Waals surface area contributed by atoms with E-state index in [9.17, 15) is 5.11 Å². The zero-order valence-corrected chi connectivity index (χ0v) is 30.4. The number of phenols is 1. The maximum Gasteiger partial charge on any atom is 0.231 e. The number of para-hydroxylation sites is 1. The third-order valence-corrected chi connectivity index (χ3v) is 9.38. The molecule has 0 aliphatic rings. The van der Waals surface area contributed by atoms with Crippen LogP contribution in [0.4, 0.5) is 17.2 Å². The van der Waals surface area contributed by atoms with Crippen molar-refractivity contribution in [3.05, 3.63) is 125 Å². The van der Waals surface area contributed by atoms with Gasteiger partial charge >= 0.3 is 0 Å². The minimum Gasteiger partial charge on any atom is -0.507 e. The van der Waals surface area contributed by atoms with Gasteiger partial charge < -0.3 is 9.52 Å². The number of rotatable bonds is 5. The van der Waals surface area contributed by atoms with Crippen LogP contribution in [0.3, 0.4) is 0 Å². The Bertz CT molecular complexity index is 2370. The van der Waals surface area contributed by atoms with Crippen molar-refractivity contribution in [3.8, 4) is 28.4 Å². The Kier molecular flexibility index (Phi) is 8.01. The molecule has 6 heteroatoms. The summed E-state index contributed by atoms with van der Waals surface area (Å²) >= 11 is 0. The zero-order chi connectivity index (χ0) is 35.5. The number of aryl methyl sites for hydroxylation is 3. The van der Waals surface area contributed by atoms with Gasteiger partial charge in [-0.2, -0.15) is 4.98 Å². The fourth-order valence-corrected chi connectivity index (χ4v) is 6.94. The largest absolute Gasteiger partial charge is 0.507 e. The van der Waals surface area contributed by atoms with E-state index < -0.39 is 0 Å². The SMILES string of the molecule is Cc1cc(C)c(N(c2cccc(-c3nc(-c4cc(C(C)(C)C)cc(C(C)(C)C)c4O)c4c(n3)oc3ccccc34)c2)c2ccccn2)c(C)c1. The second-order valence-corrected chi connectivity index (χ2v) is 15.4. The molecule has 0 amide bonds. The number of hydrogen-bond donors (Lipinski definition) is 1. The van der Waals surface area contributed by atoms with Crippen LogP contribution in [-0.2, 0) is 10.8 Å². The summed E-state index contributed by atoms with van der Waals surface area (Å²) in [5.41, 5.74) is 10.4. The molecule has 0 aliphatic carbocycles. The average molecular weight is 661 g/mol. The minimum absolute atomic E-state index is 0.161. The Balaban J connectivity index is 1.50. The predicted molar refractivity (Wildman–Crippen MR) is 206 cm³/mol. The molecule has 6 nitrogen and oxygen atoms in total. The molecule has 0 fully saturated rings. The van der Waals surface area contributed by atoms with Crippen molar-refractivity contribution in [2.45, 2.75) is 73.1 Å². The van der Waals surface area contributed by atoms with Crippen LogP contribution in [0, 0.1) is 20.8 Å². The van der Waals surface area contributed by atoms with E-state index in [0.29, 0.717) is 22.8 Å². The first-order chi connectivity index (χ1) is 23.7. The number of furan rings is 1. The van der Waals surface area contributed by atoms with Crippen molar-refractivity contribution in [3.63, 3.8) is 0 Å². The average Bonchev–Trinajstić information content (AvgIpc) is 3.44. The molecule has 0 spiro atoms. The summed E-state index contributed by atoms with van der Waals surface area (Å²) < 4.78 is 6.42. The van der Waals surface area contributed by atoms with Gasteiger partial charge in [0.1, 0.15) is 17.2 Å². The first-order valence-electron chi connectivity index (χ1n) is 17.2. The Hall–Kier alpha value is -5.49. The highest BCUT2D eigenvalue weighted by atomic mass is 16.3. The first kappa shape index (κ1) is 33.0. The number of anilines is 3. The third-order valence-electron chi connectivity index (χ3n) is 9.38. The third kappa shape index (κ3) is 5.89. The normalized spacial score (nSPS) is 12.2. The van der Waals surface area contributed by atoms with Crippen molar-refractivity contribution in [1.29, 1.82) is 0 Å². The Morgan fingerprint density at radius 2 is 1.44 bits per heavy atom. The number of phenolic OH excluding ortho intramolecular Hbond substituents is 1. The van der Waals surface area contributed by atoms with Crippen molar-refractivity contribution >= 4 is 39.3 Å². The number of fused-ring (bicyclic) bond motifs is 3. The number of hydrogen-bond acceptors (Lipinski definition) is 6. The van der Waals surface area contributed by atoms with E-state index >= 15 is 0 Å². The topological polar surface area (TPSA) is 75.3 Å². The fraction of sp³-hybridized carbons (Fsp3) is 0.250. The molecule has 7 aromatic rings. The molecule has 0 bridgehead atoms. The van der Waals surface area contributed by atoms with E-state index in [0.717, 1.165) is 61.4 Å². The van der Waals surface area contributed by atoms with E-state index in [-0.39, 0.29) is 16.6 Å². The zero-order valence-electron chi connectivity index (χ0n) is 30.4. The lowest BCUT2D eigenvalue weighted by atomic mass is 9.78. The molecular weight excluding hydrogens is 617 g/mol. The molecule has 0 saturated carbocycles. The van der Waals surface area contributed by atoms with Gasteiger partial charge in [-0.25, -0.2) is 9.97 Å². The van der Waals surface area contributed by atoms with Crippen LogP contribution in [-0.4, -0.2) is 20.1 Å². The number of nitrogens with zero attached hydrogens (tertiary/aromatic N) is 4. The molecule has 50 heavy (non-hydrogen) atoms. The van der Waals surface area contributed by atoms with Gasteiger partial charge in [0.2, 0.25) is 5.71 Å². The maximum atomic E-state index is 12.0. The molecule has 0 radical (unpaired) electrons. The van der Waals surface area contributed by atoms with E-state index in [1.165, 1.54) is 5.56 Å². The fourth-order valence-electron chi connectivity index (χ4n) is 6.94. The van der Waals surface area contributed by atoms with E-state index in [1.807, 2.05) is 60.8 Å². The second kappa shape index (κ2) is 12.1. The van der Waals surface area contributed by atoms with Crippen LogP contribution in [0.1, 0.15) is 69.4 Å². The lowest BCUT2D eigenvalue weighted by Crippen LogP contribution is -2.17. The van der Waals surface area contributed by atoms with Gasteiger partial charge in [-0.3, -0.25) is 4.90 Å².